The van der Waals surface area contributed by atoms with Crippen molar-refractivity contribution in [1.82, 2.24) is 0 Å². The van der Waals surface area contributed by atoms with Gasteiger partial charge in [-0.1, -0.05) is 61.7 Å². The lowest BCUT2D eigenvalue weighted by Crippen LogP contribution is -2.06. The van der Waals surface area contributed by atoms with E-state index in [9.17, 15) is 0 Å². The van der Waals surface area contributed by atoms with Gasteiger partial charge < -0.3 is 0 Å². The molecule has 0 aromatic heterocycles. The van der Waals surface area contributed by atoms with E-state index in [1.807, 2.05) is 0 Å². The topological polar surface area (TPSA) is 0 Å². The zero-order chi connectivity index (χ0) is 14.2. The van der Waals surface area contributed by atoms with Gasteiger partial charge in [0, 0.05) is 0 Å². The highest BCUT2D eigenvalue weighted by Crippen LogP contribution is 2.41. The summed E-state index contributed by atoms with van der Waals surface area (Å²) in [6, 6.07) is 18.0. The largest absolute Gasteiger partial charge is 0.0616 e. The zero-order valence-electron chi connectivity index (χ0n) is 12.7. The van der Waals surface area contributed by atoms with E-state index in [0.717, 1.165) is 5.92 Å². The molecule has 0 unspecified atom stereocenters. The van der Waals surface area contributed by atoms with E-state index in [0.29, 0.717) is 0 Å². The van der Waals surface area contributed by atoms with Crippen molar-refractivity contribution in [1.29, 1.82) is 0 Å². The fourth-order valence-electron chi connectivity index (χ4n) is 4.16. The SMILES string of the molecule is Cc1cccc2cc3ccccc3c(C3CCCCC3)c12. The molecule has 0 amide bonds. The van der Waals surface area contributed by atoms with Crippen LogP contribution in [0.5, 0.6) is 0 Å². The van der Waals surface area contributed by atoms with Crippen molar-refractivity contribution in [3.8, 4) is 0 Å². The molecule has 1 saturated carbocycles. The van der Waals surface area contributed by atoms with Crippen LogP contribution in [0.4, 0.5) is 0 Å². The first-order chi connectivity index (χ1) is 10.3. The molecule has 21 heavy (non-hydrogen) atoms. The van der Waals surface area contributed by atoms with Crippen LogP contribution >= 0.6 is 0 Å². The summed E-state index contributed by atoms with van der Waals surface area (Å²) in [7, 11) is 0. The Labute approximate surface area is 126 Å². The Balaban J connectivity index is 2.10. The fourth-order valence-corrected chi connectivity index (χ4v) is 4.16. The zero-order valence-corrected chi connectivity index (χ0v) is 12.7. The number of aryl methyl sites for hydroxylation is 1. The van der Waals surface area contributed by atoms with E-state index in [4.69, 9.17) is 0 Å². The molecule has 1 aliphatic carbocycles. The lowest BCUT2D eigenvalue weighted by atomic mass is 9.79. The highest BCUT2D eigenvalue weighted by Gasteiger charge is 2.21. The molecule has 106 valence electrons. The molecule has 0 heteroatoms. The lowest BCUT2D eigenvalue weighted by Gasteiger charge is -2.26. The second-order valence-corrected chi connectivity index (χ2v) is 6.52. The molecule has 1 fully saturated rings. The van der Waals surface area contributed by atoms with E-state index in [-0.39, 0.29) is 0 Å². The number of fused-ring (bicyclic) bond motifs is 2. The lowest BCUT2D eigenvalue weighted by molar-refractivity contribution is 0.447. The van der Waals surface area contributed by atoms with Gasteiger partial charge in [0.1, 0.15) is 0 Å². The Hall–Kier alpha value is -1.82. The maximum Gasteiger partial charge on any atom is -0.0113 e. The summed E-state index contributed by atoms with van der Waals surface area (Å²) in [6.07, 6.45) is 6.91. The molecule has 4 rings (SSSR count). The molecule has 0 bridgehead atoms. The Morgan fingerprint density at radius 3 is 2.43 bits per heavy atom. The first kappa shape index (κ1) is 12.9. The average molecular weight is 274 g/mol. The third-order valence-corrected chi connectivity index (χ3v) is 5.15. The van der Waals surface area contributed by atoms with Crippen LogP contribution in [-0.4, -0.2) is 0 Å². The molecule has 1 aliphatic rings. The molecular formula is C21H22. The van der Waals surface area contributed by atoms with Gasteiger partial charge in [0.05, 0.1) is 0 Å². The van der Waals surface area contributed by atoms with E-state index in [2.05, 4.69) is 55.5 Å². The smallest absolute Gasteiger partial charge is 0.0113 e. The van der Waals surface area contributed by atoms with Crippen molar-refractivity contribution in [2.24, 2.45) is 0 Å². The molecule has 0 radical (unpaired) electrons. The molecule has 3 aromatic carbocycles. The van der Waals surface area contributed by atoms with Crippen LogP contribution in [-0.2, 0) is 0 Å². The summed E-state index contributed by atoms with van der Waals surface area (Å²) >= 11 is 0. The van der Waals surface area contributed by atoms with Crippen molar-refractivity contribution < 1.29 is 0 Å². The normalized spacial score (nSPS) is 16.6. The molecular weight excluding hydrogens is 252 g/mol. The highest BCUT2D eigenvalue weighted by molar-refractivity contribution is 6.04. The minimum atomic E-state index is 0.744. The van der Waals surface area contributed by atoms with Crippen molar-refractivity contribution in [3.05, 3.63) is 59.7 Å². The summed E-state index contributed by atoms with van der Waals surface area (Å²) in [4.78, 5) is 0. The molecule has 0 nitrogen and oxygen atoms in total. The Morgan fingerprint density at radius 2 is 1.57 bits per heavy atom. The minimum absolute atomic E-state index is 0.744. The van der Waals surface area contributed by atoms with Crippen LogP contribution in [0.1, 0.15) is 49.1 Å². The second-order valence-electron chi connectivity index (χ2n) is 6.52. The van der Waals surface area contributed by atoms with Gasteiger partial charge in [0.15, 0.2) is 0 Å². The first-order valence-corrected chi connectivity index (χ1v) is 8.25. The fraction of sp³-hybridized carbons (Fsp3) is 0.333. The van der Waals surface area contributed by atoms with Crippen LogP contribution in [0.15, 0.2) is 48.5 Å². The van der Waals surface area contributed by atoms with Gasteiger partial charge in [-0.25, -0.2) is 0 Å². The Morgan fingerprint density at radius 1 is 0.810 bits per heavy atom. The predicted octanol–water partition coefficient (Wildman–Crippen LogP) is 6.35. The third-order valence-electron chi connectivity index (χ3n) is 5.15. The summed E-state index contributed by atoms with van der Waals surface area (Å²) in [6.45, 7) is 2.27. The molecule has 0 heterocycles. The standard InChI is InChI=1S/C21H22/c1-15-8-7-12-18-14-17-11-5-6-13-19(17)21(20(15)18)16-9-3-2-4-10-16/h5-8,11-14,16H,2-4,9-10H2,1H3. The molecule has 0 spiro atoms. The van der Waals surface area contributed by atoms with Crippen molar-refractivity contribution in [2.75, 3.05) is 0 Å². The highest BCUT2D eigenvalue weighted by atomic mass is 14.2. The summed E-state index contributed by atoms with van der Waals surface area (Å²) in [5, 5.41) is 5.81. The van der Waals surface area contributed by atoms with E-state index in [1.54, 1.807) is 5.56 Å². The number of rotatable bonds is 1. The minimum Gasteiger partial charge on any atom is -0.0616 e. The van der Waals surface area contributed by atoms with Gasteiger partial charge in [-0.15, -0.1) is 0 Å². The second kappa shape index (κ2) is 5.18. The van der Waals surface area contributed by atoms with Gasteiger partial charge in [0.2, 0.25) is 0 Å². The summed E-state index contributed by atoms with van der Waals surface area (Å²) in [5.41, 5.74) is 3.06. The van der Waals surface area contributed by atoms with Gasteiger partial charge in [0.25, 0.3) is 0 Å². The molecule has 0 N–H and O–H groups in total. The predicted molar refractivity (Wildman–Crippen MR) is 92.0 cm³/mol. The van der Waals surface area contributed by atoms with Gasteiger partial charge in [-0.2, -0.15) is 0 Å². The summed E-state index contributed by atoms with van der Waals surface area (Å²) in [5.74, 6) is 0.744. The van der Waals surface area contributed by atoms with E-state index < -0.39 is 0 Å². The maximum atomic E-state index is 2.37. The van der Waals surface area contributed by atoms with E-state index >= 15 is 0 Å². The molecule has 3 aromatic rings. The molecule has 0 atom stereocenters. The van der Waals surface area contributed by atoms with Crippen LogP contribution in [0.3, 0.4) is 0 Å². The monoisotopic (exact) mass is 274 g/mol. The Bertz CT molecular complexity index is 792. The molecule has 0 aliphatic heterocycles. The van der Waals surface area contributed by atoms with Crippen LogP contribution in [0.25, 0.3) is 21.5 Å². The number of hydrogen-bond acceptors (Lipinski definition) is 0. The number of benzene rings is 3. The van der Waals surface area contributed by atoms with Gasteiger partial charge in [-0.05, 0) is 64.4 Å². The van der Waals surface area contributed by atoms with Crippen LogP contribution in [0, 0.1) is 6.92 Å². The van der Waals surface area contributed by atoms with E-state index in [1.165, 1.54) is 59.2 Å². The maximum absolute atomic E-state index is 2.37. The van der Waals surface area contributed by atoms with Gasteiger partial charge in [-0.3, -0.25) is 0 Å². The van der Waals surface area contributed by atoms with Crippen molar-refractivity contribution >= 4 is 21.5 Å². The van der Waals surface area contributed by atoms with Crippen LogP contribution in [0.2, 0.25) is 0 Å². The quantitative estimate of drug-likeness (QED) is 0.454. The van der Waals surface area contributed by atoms with Crippen molar-refractivity contribution in [2.45, 2.75) is 44.9 Å². The first-order valence-electron chi connectivity index (χ1n) is 8.25. The summed E-state index contributed by atoms with van der Waals surface area (Å²) < 4.78 is 0. The molecule has 0 saturated heterocycles. The van der Waals surface area contributed by atoms with Crippen molar-refractivity contribution in [3.63, 3.8) is 0 Å². The van der Waals surface area contributed by atoms with Crippen LogP contribution < -0.4 is 0 Å². The number of hydrogen-bond donors (Lipinski definition) is 0. The van der Waals surface area contributed by atoms with Gasteiger partial charge >= 0.3 is 0 Å². The average Bonchev–Trinajstić information content (AvgIpc) is 2.54. The third kappa shape index (κ3) is 2.14. The Kier molecular flexibility index (Phi) is 3.18.